The zero-order valence-electron chi connectivity index (χ0n) is 42.3. The third kappa shape index (κ3) is 7.21. The van der Waals surface area contributed by atoms with Gasteiger partial charge in [-0.05, 0) is 100.0 Å². The Morgan fingerprint density at radius 3 is 1.73 bits per heavy atom. The zero-order chi connectivity index (χ0) is 48.5. The summed E-state index contributed by atoms with van der Waals surface area (Å²) >= 11 is 0. The Kier molecular flexibility index (Phi) is 8.17. The number of ether oxygens (including phenoxy) is 1. The number of para-hydroxylation sites is 3. The number of rotatable bonds is 9. The fourth-order valence-corrected chi connectivity index (χ4v) is 9.15. The van der Waals surface area contributed by atoms with Gasteiger partial charge in [-0.2, -0.15) is 0 Å². The van der Waals surface area contributed by atoms with Gasteiger partial charge in [0, 0.05) is 59.5 Å². The molecule has 0 amide bonds. The fourth-order valence-electron chi connectivity index (χ4n) is 9.15. The molecule has 0 atom stereocenters. The molecule has 5 nitrogen and oxygen atoms in total. The summed E-state index contributed by atoms with van der Waals surface area (Å²) in [6, 6.07) is 62.2. The summed E-state index contributed by atoms with van der Waals surface area (Å²) in [6.07, 6.45) is 1.48. The van der Waals surface area contributed by atoms with Crippen molar-refractivity contribution < 1.29 is 13.0 Å². The lowest BCUT2D eigenvalue weighted by atomic mass is 9.73. The van der Waals surface area contributed by atoms with Crippen LogP contribution in [0.5, 0.6) is 11.5 Å². The minimum atomic E-state index is -2.81. The molecule has 0 unspecified atom stereocenters. The number of nitrogens with zero attached hydrogens (tertiary/aromatic N) is 4. The zero-order valence-corrected chi connectivity index (χ0v) is 36.3. The molecule has 5 heteroatoms. The number of anilines is 4. The molecule has 7 aromatic carbocycles. The summed E-state index contributed by atoms with van der Waals surface area (Å²) in [5.74, 6) is 1.64. The lowest BCUT2D eigenvalue weighted by molar-refractivity contribution is 0.483. The van der Waals surface area contributed by atoms with E-state index in [0.29, 0.717) is 24.0 Å². The van der Waals surface area contributed by atoms with Crippen molar-refractivity contribution in [1.29, 1.82) is 0 Å². The van der Waals surface area contributed by atoms with E-state index in [0.717, 1.165) is 44.6 Å². The molecule has 0 radical (unpaired) electrons. The van der Waals surface area contributed by atoms with Gasteiger partial charge in [0.25, 0.3) is 0 Å². The molecule has 1 aliphatic rings. The molecule has 2 aromatic heterocycles. The maximum atomic E-state index is 8.31. The number of hydrogen-bond acceptors (Lipinski definition) is 4. The molecule has 312 valence electrons. The molecule has 0 bridgehead atoms. The Morgan fingerprint density at radius 2 is 1.06 bits per heavy atom. The highest BCUT2D eigenvalue weighted by Crippen LogP contribution is 2.48. The molecule has 0 fully saturated rings. The van der Waals surface area contributed by atoms with Gasteiger partial charge in [0.15, 0.2) is 0 Å². The van der Waals surface area contributed by atoms with Crippen molar-refractivity contribution >= 4 is 44.6 Å². The van der Waals surface area contributed by atoms with Crippen LogP contribution in [0, 0.1) is 0 Å². The Balaban J connectivity index is 1.02. The molecule has 0 N–H and O–H groups in total. The fraction of sp³-hybridized carbons (Fsp3) is 0.190. The predicted molar refractivity (Wildman–Crippen MR) is 263 cm³/mol. The summed E-state index contributed by atoms with van der Waals surface area (Å²) in [7, 11) is 0. The highest BCUT2D eigenvalue weighted by molar-refractivity contribution is 6.09. The van der Waals surface area contributed by atoms with E-state index in [4.69, 9.17) is 13.0 Å². The molecule has 9 aromatic rings. The van der Waals surface area contributed by atoms with E-state index in [2.05, 4.69) is 158 Å². The third-order valence-corrected chi connectivity index (χ3v) is 13.0. The number of hydrogen-bond donors (Lipinski definition) is 0. The SMILES string of the molecule is [2H]C([2H])([2H])C(C)(c1ccnc(-n2c3ccccc3c3ccc(Oc4cccc(N5CN(c6cc(C(C)(C)c7ccccc7)cc(C(C)(C)c7ccccc7)c6)c6ccccc65)c4)cc32)c1)C([2H])([2H])[2H]. The summed E-state index contributed by atoms with van der Waals surface area (Å²) in [5.41, 5.74) is 8.33. The molecule has 0 spiro atoms. The van der Waals surface area contributed by atoms with Crippen LogP contribution in [0.15, 0.2) is 188 Å². The van der Waals surface area contributed by atoms with Crippen molar-refractivity contribution in [2.45, 2.75) is 64.6 Å². The first-order valence-electron chi connectivity index (χ1n) is 24.6. The van der Waals surface area contributed by atoms with Gasteiger partial charge in [-0.25, -0.2) is 4.98 Å². The second-order valence-corrected chi connectivity index (χ2v) is 17.9. The van der Waals surface area contributed by atoms with Crippen LogP contribution >= 0.6 is 0 Å². The average molecular weight is 829 g/mol. The van der Waals surface area contributed by atoms with Gasteiger partial charge in [0.1, 0.15) is 24.0 Å². The van der Waals surface area contributed by atoms with Gasteiger partial charge in [0.05, 0.1) is 22.4 Å². The molecule has 3 heterocycles. The highest BCUT2D eigenvalue weighted by Gasteiger charge is 2.33. The van der Waals surface area contributed by atoms with Crippen LogP contribution in [0.25, 0.3) is 27.6 Å². The maximum Gasteiger partial charge on any atom is 0.137 e. The predicted octanol–water partition coefficient (Wildman–Crippen LogP) is 15.2. The number of aromatic nitrogens is 2. The molecule has 1 aliphatic heterocycles. The van der Waals surface area contributed by atoms with Crippen LogP contribution in [0.4, 0.5) is 22.7 Å². The first-order valence-corrected chi connectivity index (χ1v) is 21.6. The number of fused-ring (bicyclic) bond motifs is 4. The minimum Gasteiger partial charge on any atom is -0.457 e. The monoisotopic (exact) mass is 828 g/mol. The summed E-state index contributed by atoms with van der Waals surface area (Å²) in [4.78, 5) is 9.42. The van der Waals surface area contributed by atoms with Gasteiger partial charge in [-0.15, -0.1) is 0 Å². The van der Waals surface area contributed by atoms with Crippen LogP contribution in [0.1, 0.15) is 84.4 Å². The van der Waals surface area contributed by atoms with E-state index in [1.807, 2.05) is 59.2 Å². The number of benzene rings is 7. The van der Waals surface area contributed by atoms with Gasteiger partial charge in [-0.3, -0.25) is 4.57 Å². The van der Waals surface area contributed by atoms with E-state index in [1.165, 1.54) is 41.4 Å². The highest BCUT2D eigenvalue weighted by atomic mass is 16.5. The molecular weight excluding hydrogens is 769 g/mol. The van der Waals surface area contributed by atoms with Crippen molar-refractivity contribution in [3.63, 3.8) is 0 Å². The van der Waals surface area contributed by atoms with Crippen LogP contribution in [-0.2, 0) is 16.2 Å². The standard InChI is InChI=1S/C58H54N4O/c1-56(2,3)42-31-32-59-55(36-42)62-51-26-15-14-25-49(51)50-30-29-48(38-54(50)62)63-47-24-18-23-45(37-47)60-39-61(53-28-17-16-27-52(53)60)46-34-43(57(4,5)40-19-10-8-11-20-40)33-44(35-46)58(6,7)41-21-12-9-13-22-41/h8-38H,39H2,1-7H3/i1D3,2D3. The van der Waals surface area contributed by atoms with Crippen molar-refractivity contribution in [3.8, 4) is 17.3 Å². The first kappa shape index (κ1) is 33.5. The summed E-state index contributed by atoms with van der Waals surface area (Å²) in [5, 5.41) is 1.90. The van der Waals surface area contributed by atoms with E-state index in [-0.39, 0.29) is 16.4 Å². The lowest BCUT2D eigenvalue weighted by Crippen LogP contribution is -2.27. The smallest absolute Gasteiger partial charge is 0.137 e. The van der Waals surface area contributed by atoms with E-state index >= 15 is 0 Å². The normalized spacial score (nSPS) is 15.0. The van der Waals surface area contributed by atoms with Crippen LogP contribution in [-0.4, -0.2) is 16.2 Å². The average Bonchev–Trinajstić information content (AvgIpc) is 3.90. The Bertz CT molecular complexity index is 3280. The van der Waals surface area contributed by atoms with Crippen LogP contribution < -0.4 is 14.5 Å². The second kappa shape index (κ2) is 15.4. The van der Waals surface area contributed by atoms with Gasteiger partial charge in [0.2, 0.25) is 0 Å². The van der Waals surface area contributed by atoms with E-state index in [1.54, 1.807) is 6.07 Å². The quantitative estimate of drug-likeness (QED) is 0.145. The maximum absolute atomic E-state index is 8.31. The lowest BCUT2D eigenvalue weighted by Gasteiger charge is -2.33. The largest absolute Gasteiger partial charge is 0.457 e. The van der Waals surface area contributed by atoms with Crippen molar-refractivity contribution in [2.24, 2.45) is 0 Å². The van der Waals surface area contributed by atoms with Gasteiger partial charge in [-0.1, -0.05) is 151 Å². The summed E-state index contributed by atoms with van der Waals surface area (Å²) < 4.78 is 58.5. The Morgan fingerprint density at radius 1 is 0.476 bits per heavy atom. The Hall–Kier alpha value is -7.11. The molecule has 10 rings (SSSR count). The Labute approximate surface area is 380 Å². The second-order valence-electron chi connectivity index (χ2n) is 17.9. The van der Waals surface area contributed by atoms with Gasteiger partial charge < -0.3 is 14.5 Å². The van der Waals surface area contributed by atoms with Gasteiger partial charge >= 0.3 is 0 Å². The topological polar surface area (TPSA) is 33.5 Å². The molecule has 63 heavy (non-hydrogen) atoms. The molecule has 0 saturated heterocycles. The van der Waals surface area contributed by atoms with Crippen molar-refractivity contribution in [2.75, 3.05) is 16.5 Å². The summed E-state index contributed by atoms with van der Waals surface area (Å²) in [6.45, 7) is 5.47. The third-order valence-electron chi connectivity index (χ3n) is 13.0. The van der Waals surface area contributed by atoms with Crippen LogP contribution in [0.2, 0.25) is 0 Å². The first-order chi connectivity index (χ1) is 32.9. The minimum absolute atomic E-state index is 0.157. The van der Waals surface area contributed by atoms with Crippen molar-refractivity contribution in [3.05, 3.63) is 216 Å². The van der Waals surface area contributed by atoms with Crippen molar-refractivity contribution in [1.82, 2.24) is 9.55 Å². The van der Waals surface area contributed by atoms with E-state index in [9.17, 15) is 0 Å². The van der Waals surface area contributed by atoms with Crippen LogP contribution in [0.3, 0.4) is 0 Å². The molecular formula is C58H54N4O. The molecule has 0 saturated carbocycles. The molecule has 0 aliphatic carbocycles. The van der Waals surface area contributed by atoms with E-state index < -0.39 is 19.1 Å². The number of pyridine rings is 1.